The van der Waals surface area contributed by atoms with Gasteiger partial charge in [0.1, 0.15) is 12.3 Å². The van der Waals surface area contributed by atoms with Crippen molar-refractivity contribution in [1.29, 1.82) is 0 Å². The molecule has 1 aliphatic rings. The third-order valence-corrected chi connectivity index (χ3v) is 6.96. The lowest BCUT2D eigenvalue weighted by Crippen LogP contribution is -2.39. The number of hydrogen-bond donors (Lipinski definition) is 1. The number of ether oxygens (including phenoxy) is 1. The fourth-order valence-corrected chi connectivity index (χ4v) is 4.89. The first-order valence-electron chi connectivity index (χ1n) is 10.8. The van der Waals surface area contributed by atoms with Crippen LogP contribution in [0.15, 0.2) is 58.1 Å². The highest BCUT2D eigenvalue weighted by Gasteiger charge is 2.22. The van der Waals surface area contributed by atoms with Crippen LogP contribution in [0, 0.1) is 0 Å². The van der Waals surface area contributed by atoms with Crippen molar-refractivity contribution < 1.29 is 22.7 Å². The summed E-state index contributed by atoms with van der Waals surface area (Å²) in [6.45, 7) is 1.15. The molecule has 2 amide bonds. The second-order valence-electron chi connectivity index (χ2n) is 7.81. The van der Waals surface area contributed by atoms with E-state index in [4.69, 9.17) is 4.74 Å². The predicted molar refractivity (Wildman–Crippen MR) is 134 cm³/mol. The number of nitrogens with one attached hydrogen (secondary N) is 1. The van der Waals surface area contributed by atoms with E-state index in [-0.39, 0.29) is 12.5 Å². The van der Waals surface area contributed by atoms with Gasteiger partial charge in [0.15, 0.2) is 6.61 Å². The molecular formula is C23H27BrN4O5S. The number of piperidine rings is 1. The van der Waals surface area contributed by atoms with Crippen LogP contribution >= 0.6 is 15.9 Å². The average molecular weight is 551 g/mol. The molecule has 0 aliphatic carbocycles. The second-order valence-corrected chi connectivity index (χ2v) is 10.6. The smallest absolute Gasteiger partial charge is 0.260 e. The maximum absolute atomic E-state index is 12.3. The number of halogens is 1. The number of hydrogen-bond acceptors (Lipinski definition) is 6. The monoisotopic (exact) mass is 550 g/mol. The van der Waals surface area contributed by atoms with E-state index in [0.717, 1.165) is 42.9 Å². The molecule has 182 valence electrons. The summed E-state index contributed by atoms with van der Waals surface area (Å²) >= 11 is 3.31. The SMILES string of the molecule is CS(=O)(=O)N(CC(=O)NN=Cc1ccc(OCC(=O)N2CCCCC2)cc1)c1ccccc1Br. The summed E-state index contributed by atoms with van der Waals surface area (Å²) < 4.78 is 31.5. The highest BCUT2D eigenvalue weighted by Crippen LogP contribution is 2.27. The van der Waals surface area contributed by atoms with Gasteiger partial charge >= 0.3 is 0 Å². The van der Waals surface area contributed by atoms with Crippen LogP contribution in [0.25, 0.3) is 0 Å². The first kappa shape index (κ1) is 25.7. The number of anilines is 1. The average Bonchev–Trinajstić information content (AvgIpc) is 2.82. The largest absolute Gasteiger partial charge is 0.484 e. The van der Waals surface area contributed by atoms with Gasteiger partial charge in [0.25, 0.3) is 11.8 Å². The number of nitrogens with zero attached hydrogens (tertiary/aromatic N) is 3. The van der Waals surface area contributed by atoms with Crippen LogP contribution in [0.1, 0.15) is 24.8 Å². The summed E-state index contributed by atoms with van der Waals surface area (Å²) in [4.78, 5) is 26.3. The number of likely N-dealkylation sites (tertiary alicyclic amines) is 1. The molecule has 0 spiro atoms. The Balaban J connectivity index is 1.51. The maximum atomic E-state index is 12.3. The van der Waals surface area contributed by atoms with Crippen molar-refractivity contribution >= 4 is 49.7 Å². The summed E-state index contributed by atoms with van der Waals surface area (Å²) in [5, 5.41) is 3.90. The van der Waals surface area contributed by atoms with Crippen LogP contribution in [-0.4, -0.2) is 63.8 Å². The predicted octanol–water partition coefficient (Wildman–Crippen LogP) is 2.76. The lowest BCUT2D eigenvalue weighted by molar-refractivity contribution is -0.134. The van der Waals surface area contributed by atoms with Gasteiger partial charge in [-0.1, -0.05) is 12.1 Å². The Morgan fingerprint density at radius 1 is 1.12 bits per heavy atom. The summed E-state index contributed by atoms with van der Waals surface area (Å²) in [6, 6.07) is 13.6. The topological polar surface area (TPSA) is 108 Å². The van der Waals surface area contributed by atoms with Crippen LogP contribution in [0.2, 0.25) is 0 Å². The molecule has 0 aromatic heterocycles. The zero-order valence-corrected chi connectivity index (χ0v) is 21.2. The molecule has 1 fully saturated rings. The Morgan fingerprint density at radius 2 is 1.79 bits per heavy atom. The minimum atomic E-state index is -3.69. The number of amides is 2. The van der Waals surface area contributed by atoms with Crippen molar-refractivity contribution in [2.75, 3.05) is 36.8 Å². The highest BCUT2D eigenvalue weighted by atomic mass is 79.9. The minimum Gasteiger partial charge on any atom is -0.484 e. The second kappa shape index (κ2) is 12.0. The number of benzene rings is 2. The Hall–Kier alpha value is -2.92. The van der Waals surface area contributed by atoms with Crippen LogP contribution < -0.4 is 14.5 Å². The third-order valence-electron chi connectivity index (χ3n) is 5.16. The number of rotatable bonds is 9. The van der Waals surface area contributed by atoms with Gasteiger partial charge in [-0.2, -0.15) is 5.10 Å². The number of sulfonamides is 1. The number of carbonyl (C=O) groups excluding carboxylic acids is 2. The van der Waals surface area contributed by atoms with E-state index in [9.17, 15) is 18.0 Å². The molecule has 2 aromatic carbocycles. The van der Waals surface area contributed by atoms with Crippen LogP contribution in [0.5, 0.6) is 5.75 Å². The van der Waals surface area contributed by atoms with E-state index in [1.54, 1.807) is 48.5 Å². The van der Waals surface area contributed by atoms with Crippen molar-refractivity contribution in [3.8, 4) is 5.75 Å². The molecule has 34 heavy (non-hydrogen) atoms. The van der Waals surface area contributed by atoms with Gasteiger partial charge in [-0.3, -0.25) is 13.9 Å². The first-order valence-corrected chi connectivity index (χ1v) is 13.4. The van der Waals surface area contributed by atoms with Gasteiger partial charge in [0.05, 0.1) is 18.2 Å². The normalized spacial score (nSPS) is 14.1. The van der Waals surface area contributed by atoms with E-state index < -0.39 is 22.5 Å². The molecule has 1 saturated heterocycles. The lowest BCUT2D eigenvalue weighted by atomic mass is 10.1. The van der Waals surface area contributed by atoms with Crippen molar-refractivity contribution in [3.63, 3.8) is 0 Å². The standard InChI is InChI=1S/C23H27BrN4O5S/c1-34(31,32)28(21-8-4-3-7-20(21)24)16-22(29)26-25-15-18-9-11-19(12-10-18)33-17-23(30)27-13-5-2-6-14-27/h3-4,7-12,15H,2,5-6,13-14,16-17H2,1H3,(H,26,29). The Labute approximate surface area is 207 Å². The van der Waals surface area contributed by atoms with E-state index in [2.05, 4.69) is 26.5 Å². The molecule has 1 N–H and O–H groups in total. The van der Waals surface area contributed by atoms with Crippen LogP contribution in [0.4, 0.5) is 5.69 Å². The fraction of sp³-hybridized carbons (Fsp3) is 0.348. The van der Waals surface area contributed by atoms with Crippen molar-refractivity contribution in [1.82, 2.24) is 10.3 Å². The molecular weight excluding hydrogens is 524 g/mol. The highest BCUT2D eigenvalue weighted by molar-refractivity contribution is 9.10. The Bertz CT molecular complexity index is 1130. The van der Waals surface area contributed by atoms with Gasteiger partial charge in [-0.25, -0.2) is 13.8 Å². The van der Waals surface area contributed by atoms with E-state index in [1.807, 2.05) is 4.90 Å². The molecule has 9 nitrogen and oxygen atoms in total. The number of carbonyl (C=O) groups is 2. The van der Waals surface area contributed by atoms with Crippen LogP contribution in [0.3, 0.4) is 0 Å². The molecule has 11 heteroatoms. The van der Waals surface area contributed by atoms with Crippen molar-refractivity contribution in [2.45, 2.75) is 19.3 Å². The van der Waals surface area contributed by atoms with Gasteiger partial charge in [0, 0.05) is 17.6 Å². The maximum Gasteiger partial charge on any atom is 0.260 e. The molecule has 0 radical (unpaired) electrons. The molecule has 3 rings (SSSR count). The fourth-order valence-electron chi connectivity index (χ4n) is 3.41. The van der Waals surface area contributed by atoms with E-state index >= 15 is 0 Å². The molecule has 0 bridgehead atoms. The summed E-state index contributed by atoms with van der Waals surface area (Å²) in [5.74, 6) is -0.0453. The van der Waals surface area contributed by atoms with Crippen molar-refractivity contribution in [3.05, 3.63) is 58.6 Å². The molecule has 0 saturated carbocycles. The number of para-hydroxylation sites is 1. The molecule has 1 heterocycles. The molecule has 1 aliphatic heterocycles. The summed E-state index contributed by atoms with van der Waals surface area (Å²) in [7, 11) is -3.69. The summed E-state index contributed by atoms with van der Waals surface area (Å²) in [5.41, 5.74) is 3.40. The Kier molecular flexibility index (Phi) is 9.05. The van der Waals surface area contributed by atoms with Crippen molar-refractivity contribution in [2.24, 2.45) is 5.10 Å². The lowest BCUT2D eigenvalue weighted by Gasteiger charge is -2.26. The Morgan fingerprint density at radius 3 is 2.44 bits per heavy atom. The van der Waals surface area contributed by atoms with Gasteiger partial charge in [0.2, 0.25) is 10.0 Å². The zero-order chi connectivity index (χ0) is 24.6. The minimum absolute atomic E-state index is 0.00212. The van der Waals surface area contributed by atoms with Gasteiger partial charge in [-0.15, -0.1) is 0 Å². The zero-order valence-electron chi connectivity index (χ0n) is 18.8. The van der Waals surface area contributed by atoms with Gasteiger partial charge in [-0.05, 0) is 77.2 Å². The van der Waals surface area contributed by atoms with E-state index in [1.165, 1.54) is 6.21 Å². The number of hydrazone groups is 1. The summed E-state index contributed by atoms with van der Waals surface area (Å²) in [6.07, 6.45) is 5.70. The van der Waals surface area contributed by atoms with Gasteiger partial charge < -0.3 is 9.64 Å². The quantitative estimate of drug-likeness (QED) is 0.381. The first-order chi connectivity index (χ1) is 16.2. The third kappa shape index (κ3) is 7.56. The van der Waals surface area contributed by atoms with E-state index in [0.29, 0.717) is 21.5 Å². The molecule has 2 aromatic rings. The molecule has 0 unspecified atom stereocenters. The molecule has 0 atom stereocenters. The van der Waals surface area contributed by atoms with Crippen LogP contribution in [-0.2, 0) is 19.6 Å².